The second-order valence-electron chi connectivity index (χ2n) is 7.63. The molecule has 1 amide bonds. The number of carbonyl (C=O) groups is 2. The molecule has 174 valence electrons. The van der Waals surface area contributed by atoms with Crippen molar-refractivity contribution < 1.29 is 27.9 Å². The van der Waals surface area contributed by atoms with Crippen LogP contribution in [0.1, 0.15) is 18.5 Å². The number of aromatic nitrogens is 2. The monoisotopic (exact) mass is 496 g/mol. The smallest absolute Gasteiger partial charge is 0.475 e. The van der Waals surface area contributed by atoms with Gasteiger partial charge in [0.2, 0.25) is 5.91 Å². The number of aliphatic carboxylic acids is 1. The quantitative estimate of drug-likeness (QED) is 0.533. The van der Waals surface area contributed by atoms with Crippen LogP contribution in [0.25, 0.3) is 10.6 Å². The van der Waals surface area contributed by atoms with E-state index in [1.807, 2.05) is 12.1 Å². The number of rotatable bonds is 5. The van der Waals surface area contributed by atoms with E-state index in [4.69, 9.17) is 14.9 Å². The molecule has 0 radical (unpaired) electrons. The van der Waals surface area contributed by atoms with E-state index < -0.39 is 12.1 Å². The van der Waals surface area contributed by atoms with Crippen LogP contribution in [0.15, 0.2) is 41.4 Å². The number of carboxylic acids is 1. The van der Waals surface area contributed by atoms with E-state index in [0.29, 0.717) is 12.3 Å². The van der Waals surface area contributed by atoms with Gasteiger partial charge in [-0.05, 0) is 42.3 Å². The van der Waals surface area contributed by atoms with Crippen LogP contribution in [-0.4, -0.2) is 45.7 Å². The Bertz CT molecular complexity index is 1120. The number of carbonyl (C=O) groups excluding carboxylic acids is 1. The number of thiazole rings is 1. The van der Waals surface area contributed by atoms with Gasteiger partial charge >= 0.3 is 12.1 Å². The molecule has 0 bridgehead atoms. The zero-order chi connectivity index (χ0) is 23.6. The predicted octanol–water partition coefficient (Wildman–Crippen LogP) is 4.68. The molecule has 2 aliphatic rings. The summed E-state index contributed by atoms with van der Waals surface area (Å²) in [5.41, 5.74) is 2.98. The van der Waals surface area contributed by atoms with Crippen molar-refractivity contribution >= 4 is 45.2 Å². The normalized spacial score (nSPS) is 17.2. The van der Waals surface area contributed by atoms with Gasteiger partial charge in [0.25, 0.3) is 0 Å². The van der Waals surface area contributed by atoms with Crippen molar-refractivity contribution in [1.82, 2.24) is 9.97 Å². The van der Waals surface area contributed by atoms with Gasteiger partial charge in [-0.25, -0.2) is 9.78 Å². The van der Waals surface area contributed by atoms with Gasteiger partial charge in [0.05, 0.1) is 17.6 Å². The fraction of sp³-hybridized carbons (Fsp3) is 0.333. The maximum absolute atomic E-state index is 12.9. The van der Waals surface area contributed by atoms with Crippen LogP contribution in [-0.2, 0) is 16.0 Å². The van der Waals surface area contributed by atoms with E-state index in [1.54, 1.807) is 35.1 Å². The molecule has 0 spiro atoms. The van der Waals surface area contributed by atoms with Crippen LogP contribution < -0.4 is 10.2 Å². The predicted molar refractivity (Wildman–Crippen MR) is 120 cm³/mol. The number of hydrogen-bond acceptors (Lipinski definition) is 7. The number of pyridine rings is 1. The van der Waals surface area contributed by atoms with Crippen molar-refractivity contribution in [2.45, 2.75) is 31.5 Å². The highest BCUT2D eigenvalue weighted by Crippen LogP contribution is 2.44. The number of anilines is 2. The summed E-state index contributed by atoms with van der Waals surface area (Å²) in [5, 5.41) is 16.6. The average molecular weight is 497 g/mol. The molecule has 4 heterocycles. The summed E-state index contributed by atoms with van der Waals surface area (Å²) < 4.78 is 31.7. The molecule has 0 saturated heterocycles. The molecule has 3 aromatic heterocycles. The summed E-state index contributed by atoms with van der Waals surface area (Å²) in [7, 11) is 0. The summed E-state index contributed by atoms with van der Waals surface area (Å²) in [6.07, 6.45) is 1.51. The molecule has 1 atom stereocenters. The Morgan fingerprint density at radius 3 is 2.61 bits per heavy atom. The first-order valence-corrected chi connectivity index (χ1v) is 11.8. The van der Waals surface area contributed by atoms with Gasteiger partial charge in [0, 0.05) is 30.1 Å². The number of hydrogen-bond donors (Lipinski definition) is 2. The number of nitrogens with one attached hydrogen (secondary N) is 1. The lowest BCUT2D eigenvalue weighted by Crippen LogP contribution is -2.43. The molecular weight excluding hydrogens is 477 g/mol. The summed E-state index contributed by atoms with van der Waals surface area (Å²) in [6, 6.07) is 5.63. The highest BCUT2D eigenvalue weighted by molar-refractivity contribution is 7.19. The summed E-state index contributed by atoms with van der Waals surface area (Å²) in [5.74, 6) is -2.02. The van der Waals surface area contributed by atoms with Crippen LogP contribution in [0.2, 0.25) is 0 Å². The Morgan fingerprint density at radius 2 is 2.03 bits per heavy atom. The molecule has 33 heavy (non-hydrogen) atoms. The summed E-state index contributed by atoms with van der Waals surface area (Å²) >= 11 is 3.40. The summed E-state index contributed by atoms with van der Waals surface area (Å²) in [6.45, 7) is 0.948. The van der Waals surface area contributed by atoms with Crippen LogP contribution in [0, 0.1) is 5.92 Å². The Hall–Kier alpha value is -2.99. The lowest BCUT2D eigenvalue weighted by atomic mass is 10.2. The molecule has 7 nitrogen and oxygen atoms in total. The molecule has 1 fully saturated rings. The first-order chi connectivity index (χ1) is 15.7. The number of alkyl halides is 3. The maximum atomic E-state index is 12.9. The molecular formula is C21H19F3N4O3S2. The first-order valence-electron chi connectivity index (χ1n) is 10.0. The third kappa shape index (κ3) is 5.69. The SMILES string of the molecule is O=C(Nc1cccnc1)C1Cc2nc(-c3ccsc3)sc2N1CC1CC1.O=C(O)C(F)(F)F. The van der Waals surface area contributed by atoms with Crippen LogP contribution in [0.5, 0.6) is 0 Å². The zero-order valence-electron chi connectivity index (χ0n) is 17.1. The lowest BCUT2D eigenvalue weighted by molar-refractivity contribution is -0.192. The van der Waals surface area contributed by atoms with Crippen LogP contribution >= 0.6 is 22.7 Å². The van der Waals surface area contributed by atoms with Crippen molar-refractivity contribution in [1.29, 1.82) is 0 Å². The van der Waals surface area contributed by atoms with Gasteiger partial charge in [0.1, 0.15) is 16.1 Å². The van der Waals surface area contributed by atoms with Gasteiger partial charge in [-0.3, -0.25) is 9.78 Å². The minimum absolute atomic E-state index is 0.0286. The second kappa shape index (κ2) is 9.48. The summed E-state index contributed by atoms with van der Waals surface area (Å²) in [4.78, 5) is 33.0. The third-order valence-corrected chi connectivity index (χ3v) is 6.96. The van der Waals surface area contributed by atoms with Gasteiger partial charge in [-0.2, -0.15) is 24.5 Å². The zero-order valence-corrected chi connectivity index (χ0v) is 18.7. The topological polar surface area (TPSA) is 95.4 Å². The van der Waals surface area contributed by atoms with Crippen molar-refractivity contribution in [2.75, 3.05) is 16.8 Å². The number of nitrogens with zero attached hydrogens (tertiary/aromatic N) is 3. The molecule has 12 heteroatoms. The number of halogens is 3. The highest BCUT2D eigenvalue weighted by atomic mass is 32.1. The van der Waals surface area contributed by atoms with E-state index >= 15 is 0 Å². The lowest BCUT2D eigenvalue weighted by Gasteiger charge is -2.25. The molecule has 3 aromatic rings. The van der Waals surface area contributed by atoms with Crippen molar-refractivity contribution in [3.05, 3.63) is 47.0 Å². The van der Waals surface area contributed by atoms with E-state index in [2.05, 4.69) is 32.0 Å². The minimum Gasteiger partial charge on any atom is -0.475 e. The second-order valence-corrected chi connectivity index (χ2v) is 9.39. The van der Waals surface area contributed by atoms with E-state index in [0.717, 1.165) is 22.9 Å². The Morgan fingerprint density at radius 1 is 1.27 bits per heavy atom. The van der Waals surface area contributed by atoms with Gasteiger partial charge in [-0.1, -0.05) is 11.3 Å². The largest absolute Gasteiger partial charge is 0.490 e. The molecule has 5 rings (SSSR count). The van der Waals surface area contributed by atoms with Crippen molar-refractivity contribution in [3.63, 3.8) is 0 Å². The minimum atomic E-state index is -5.08. The number of amides is 1. The molecule has 0 aromatic carbocycles. The van der Waals surface area contributed by atoms with Gasteiger partial charge in [-0.15, -0.1) is 0 Å². The number of carboxylic acid groups (broad SMARTS) is 1. The Balaban J connectivity index is 0.000000325. The molecule has 1 aliphatic carbocycles. The first kappa shape index (κ1) is 23.2. The molecule has 1 aliphatic heterocycles. The Labute approximate surface area is 194 Å². The molecule has 1 saturated carbocycles. The van der Waals surface area contributed by atoms with Crippen molar-refractivity contribution in [2.24, 2.45) is 5.92 Å². The van der Waals surface area contributed by atoms with Gasteiger partial charge < -0.3 is 15.3 Å². The highest BCUT2D eigenvalue weighted by Gasteiger charge is 2.40. The number of fused-ring (bicyclic) bond motifs is 1. The van der Waals surface area contributed by atoms with E-state index in [9.17, 15) is 18.0 Å². The third-order valence-electron chi connectivity index (χ3n) is 5.09. The van der Waals surface area contributed by atoms with Crippen LogP contribution in [0.3, 0.4) is 0 Å². The van der Waals surface area contributed by atoms with Crippen molar-refractivity contribution in [3.8, 4) is 10.6 Å². The number of thiophene rings is 1. The molecule has 2 N–H and O–H groups in total. The average Bonchev–Trinajstić information content (AvgIpc) is 3.14. The fourth-order valence-corrected chi connectivity index (χ4v) is 5.20. The van der Waals surface area contributed by atoms with Crippen LogP contribution in [0.4, 0.5) is 23.9 Å². The fourth-order valence-electron chi connectivity index (χ4n) is 3.33. The van der Waals surface area contributed by atoms with E-state index in [1.165, 1.54) is 23.4 Å². The van der Waals surface area contributed by atoms with Gasteiger partial charge in [0.15, 0.2) is 0 Å². The standard InChI is InChI=1S/C19H18N4OS2.C2HF3O2/c24-17(21-14-2-1-6-20-9-14)16-8-15-19(23(16)10-12-3-4-12)26-18(22-15)13-5-7-25-11-13;3-2(4,5)1(6)7/h1-2,5-7,9,11-12,16H,3-4,8,10H2,(H,21,24);(H,6,7). The van der Waals surface area contributed by atoms with E-state index in [-0.39, 0.29) is 11.9 Å². The Kier molecular flexibility index (Phi) is 6.66. The maximum Gasteiger partial charge on any atom is 0.490 e. The molecule has 1 unspecified atom stereocenters.